The molecule has 1 fully saturated rings. The fourth-order valence-electron chi connectivity index (χ4n) is 2.07. The molecule has 2 nitrogen and oxygen atoms in total. The molecule has 0 saturated carbocycles. The van der Waals surface area contributed by atoms with Gasteiger partial charge in [-0.25, -0.2) is 4.39 Å². The zero-order chi connectivity index (χ0) is 12.8. The maximum Gasteiger partial charge on any atom is 0.183 e. The predicted molar refractivity (Wildman–Crippen MR) is 68.6 cm³/mol. The highest BCUT2D eigenvalue weighted by Gasteiger charge is 2.23. The Bertz CT molecular complexity index is 367. The lowest BCUT2D eigenvalue weighted by Gasteiger charge is -2.29. The van der Waals surface area contributed by atoms with E-state index in [-0.39, 0.29) is 12.1 Å². The largest absolute Gasteiger partial charge is 0.348 e. The second-order valence-corrected chi connectivity index (χ2v) is 4.64. The van der Waals surface area contributed by atoms with E-state index >= 15 is 0 Å². The first-order valence-corrected chi connectivity index (χ1v) is 6.39. The van der Waals surface area contributed by atoms with Crippen molar-refractivity contribution in [3.8, 4) is 0 Å². The molecule has 0 radical (unpaired) electrons. The summed E-state index contributed by atoms with van der Waals surface area (Å²) in [6, 6.07) is 6.27. The van der Waals surface area contributed by atoms with E-state index in [4.69, 9.17) is 9.47 Å². The smallest absolute Gasteiger partial charge is 0.183 e. The molecule has 1 aliphatic rings. The van der Waals surface area contributed by atoms with E-state index < -0.39 is 0 Å². The van der Waals surface area contributed by atoms with Crippen LogP contribution in [0.2, 0.25) is 0 Å². The third-order valence-electron chi connectivity index (χ3n) is 3.13. The molecule has 1 saturated heterocycles. The second kappa shape index (κ2) is 6.66. The van der Waals surface area contributed by atoms with Crippen LogP contribution in [0.5, 0.6) is 0 Å². The first kappa shape index (κ1) is 13.2. The van der Waals surface area contributed by atoms with Gasteiger partial charge in [0.2, 0.25) is 0 Å². The van der Waals surface area contributed by atoms with Gasteiger partial charge in [0.15, 0.2) is 6.29 Å². The lowest BCUT2D eigenvalue weighted by molar-refractivity contribution is -0.206. The minimum atomic E-state index is -0.346. The van der Waals surface area contributed by atoms with E-state index in [0.717, 1.165) is 24.8 Å². The molecule has 3 heteroatoms. The third-order valence-corrected chi connectivity index (χ3v) is 3.13. The topological polar surface area (TPSA) is 18.5 Å². The van der Waals surface area contributed by atoms with Crippen molar-refractivity contribution in [2.75, 3.05) is 13.2 Å². The Hall–Kier alpha value is -1.19. The maximum atomic E-state index is 12.8. The summed E-state index contributed by atoms with van der Waals surface area (Å²) in [5.74, 6) is 0.221. The van der Waals surface area contributed by atoms with E-state index in [1.165, 1.54) is 12.1 Å². The van der Waals surface area contributed by atoms with Crippen LogP contribution in [-0.4, -0.2) is 13.2 Å². The molecule has 0 spiro atoms. The first-order valence-electron chi connectivity index (χ1n) is 6.39. The number of hydrogen-bond donors (Lipinski definition) is 0. The minimum Gasteiger partial charge on any atom is -0.348 e. The minimum absolute atomic E-state index is 0.239. The molecular formula is C15H19FO2. The van der Waals surface area contributed by atoms with Gasteiger partial charge in [-0.2, -0.15) is 0 Å². The van der Waals surface area contributed by atoms with Crippen molar-refractivity contribution in [3.63, 3.8) is 0 Å². The lowest BCUT2D eigenvalue weighted by atomic mass is 10.0. The standard InChI is InChI=1S/C15H19FO2/c1-2-3-4-5-12-10-17-15(18-11-12)13-6-8-14(16)9-7-13/h2,6-9,12,15H,1,3-5,10-11H2. The van der Waals surface area contributed by atoms with E-state index in [1.54, 1.807) is 12.1 Å². The van der Waals surface area contributed by atoms with E-state index in [0.29, 0.717) is 19.1 Å². The SMILES string of the molecule is C=CCCCC1COC(c2ccc(F)cc2)OC1. The normalized spacial score (nSPS) is 23.8. The van der Waals surface area contributed by atoms with Crippen LogP contribution in [0.1, 0.15) is 31.1 Å². The van der Waals surface area contributed by atoms with Gasteiger partial charge in [-0.05, 0) is 31.4 Å². The first-order chi connectivity index (χ1) is 8.79. The van der Waals surface area contributed by atoms with E-state index in [9.17, 15) is 4.39 Å². The van der Waals surface area contributed by atoms with Crippen LogP contribution in [0, 0.1) is 11.7 Å². The van der Waals surface area contributed by atoms with Crippen molar-refractivity contribution in [3.05, 3.63) is 48.3 Å². The maximum absolute atomic E-state index is 12.8. The summed E-state index contributed by atoms with van der Waals surface area (Å²) in [6.07, 6.45) is 4.86. The number of benzene rings is 1. The zero-order valence-corrected chi connectivity index (χ0v) is 10.5. The molecule has 1 aromatic carbocycles. The molecule has 0 aliphatic carbocycles. The van der Waals surface area contributed by atoms with Crippen molar-refractivity contribution >= 4 is 0 Å². The van der Waals surface area contributed by atoms with Gasteiger partial charge in [-0.1, -0.05) is 18.2 Å². The summed E-state index contributed by atoms with van der Waals surface area (Å²) in [5.41, 5.74) is 0.876. The molecule has 0 unspecified atom stereocenters. The Kier molecular flexibility index (Phi) is 4.90. The highest BCUT2D eigenvalue weighted by Crippen LogP contribution is 2.27. The molecule has 0 aromatic heterocycles. The van der Waals surface area contributed by atoms with Gasteiger partial charge < -0.3 is 9.47 Å². The Morgan fingerprint density at radius 3 is 2.50 bits per heavy atom. The lowest BCUT2D eigenvalue weighted by Crippen LogP contribution is -2.27. The average Bonchev–Trinajstić information content (AvgIpc) is 2.41. The number of unbranched alkanes of at least 4 members (excludes halogenated alkanes) is 1. The Labute approximate surface area is 107 Å². The quantitative estimate of drug-likeness (QED) is 0.584. The molecule has 18 heavy (non-hydrogen) atoms. The van der Waals surface area contributed by atoms with E-state index in [1.807, 2.05) is 6.08 Å². The molecule has 1 aliphatic heterocycles. The molecule has 0 bridgehead atoms. The van der Waals surface area contributed by atoms with Crippen LogP contribution >= 0.6 is 0 Å². The monoisotopic (exact) mass is 250 g/mol. The summed E-state index contributed by atoms with van der Waals surface area (Å²) >= 11 is 0. The molecule has 2 rings (SSSR count). The number of ether oxygens (including phenoxy) is 2. The number of halogens is 1. The third kappa shape index (κ3) is 3.65. The summed E-state index contributed by atoms with van der Waals surface area (Å²) in [6.45, 7) is 5.12. The van der Waals surface area contributed by atoms with Crippen molar-refractivity contribution in [1.82, 2.24) is 0 Å². The molecule has 0 atom stereocenters. The number of allylic oxidation sites excluding steroid dienone is 1. The molecule has 0 N–H and O–H groups in total. The zero-order valence-electron chi connectivity index (χ0n) is 10.5. The van der Waals surface area contributed by atoms with Crippen LogP contribution in [0.3, 0.4) is 0 Å². The van der Waals surface area contributed by atoms with Crippen LogP contribution in [0.25, 0.3) is 0 Å². The summed E-state index contributed by atoms with van der Waals surface area (Å²) in [5, 5.41) is 0. The second-order valence-electron chi connectivity index (χ2n) is 4.64. The molecular weight excluding hydrogens is 231 g/mol. The average molecular weight is 250 g/mol. The summed E-state index contributed by atoms with van der Waals surface area (Å²) < 4.78 is 24.2. The Morgan fingerprint density at radius 2 is 1.89 bits per heavy atom. The van der Waals surface area contributed by atoms with Crippen LogP contribution in [0.4, 0.5) is 4.39 Å². The fourth-order valence-corrected chi connectivity index (χ4v) is 2.07. The Balaban J connectivity index is 1.79. The van der Waals surface area contributed by atoms with Crippen molar-refractivity contribution in [2.45, 2.75) is 25.6 Å². The number of hydrogen-bond acceptors (Lipinski definition) is 2. The summed E-state index contributed by atoms with van der Waals surface area (Å²) in [4.78, 5) is 0. The van der Waals surface area contributed by atoms with Gasteiger partial charge in [0.1, 0.15) is 5.82 Å². The molecule has 98 valence electrons. The van der Waals surface area contributed by atoms with Crippen molar-refractivity contribution in [1.29, 1.82) is 0 Å². The molecule has 1 heterocycles. The van der Waals surface area contributed by atoms with Gasteiger partial charge in [0, 0.05) is 11.5 Å². The van der Waals surface area contributed by atoms with Gasteiger partial charge >= 0.3 is 0 Å². The highest BCUT2D eigenvalue weighted by molar-refractivity contribution is 5.17. The highest BCUT2D eigenvalue weighted by atomic mass is 19.1. The van der Waals surface area contributed by atoms with Crippen molar-refractivity contribution < 1.29 is 13.9 Å². The van der Waals surface area contributed by atoms with Gasteiger partial charge in [0.25, 0.3) is 0 Å². The van der Waals surface area contributed by atoms with Gasteiger partial charge in [-0.15, -0.1) is 6.58 Å². The van der Waals surface area contributed by atoms with Crippen LogP contribution < -0.4 is 0 Å². The van der Waals surface area contributed by atoms with Crippen LogP contribution in [-0.2, 0) is 9.47 Å². The Morgan fingerprint density at radius 1 is 1.22 bits per heavy atom. The summed E-state index contributed by atoms with van der Waals surface area (Å²) in [7, 11) is 0. The van der Waals surface area contributed by atoms with Crippen LogP contribution in [0.15, 0.2) is 36.9 Å². The van der Waals surface area contributed by atoms with Gasteiger partial charge in [0.05, 0.1) is 13.2 Å². The molecule has 1 aromatic rings. The van der Waals surface area contributed by atoms with E-state index in [2.05, 4.69) is 6.58 Å². The predicted octanol–water partition coefficient (Wildman–Crippen LogP) is 3.84. The number of rotatable bonds is 5. The fraction of sp³-hybridized carbons (Fsp3) is 0.467. The molecule has 0 amide bonds. The van der Waals surface area contributed by atoms with Gasteiger partial charge in [-0.3, -0.25) is 0 Å². The van der Waals surface area contributed by atoms with Crippen molar-refractivity contribution in [2.24, 2.45) is 5.92 Å².